The highest BCUT2D eigenvalue weighted by atomic mass is 16.5. The van der Waals surface area contributed by atoms with Crippen molar-refractivity contribution in [3.8, 4) is 0 Å². The number of aromatic nitrogens is 1. The predicted octanol–water partition coefficient (Wildman–Crippen LogP) is 1.42. The molecule has 1 aromatic heterocycles. The molecule has 2 rings (SSSR count). The van der Waals surface area contributed by atoms with Crippen molar-refractivity contribution in [2.75, 3.05) is 45.4 Å². The third-order valence-corrected chi connectivity index (χ3v) is 3.30. The van der Waals surface area contributed by atoms with Crippen LogP contribution in [-0.4, -0.2) is 51.5 Å². The lowest BCUT2D eigenvalue weighted by molar-refractivity contribution is 0.190. The van der Waals surface area contributed by atoms with E-state index in [1.165, 1.54) is 12.8 Å². The maximum atomic E-state index is 5.59. The van der Waals surface area contributed by atoms with Crippen LogP contribution >= 0.6 is 0 Å². The van der Waals surface area contributed by atoms with Crippen molar-refractivity contribution in [2.24, 2.45) is 0 Å². The average Bonchev–Trinajstić information content (AvgIpc) is 3.18. The summed E-state index contributed by atoms with van der Waals surface area (Å²) in [7, 11) is 3.42. The molecule has 0 atom stereocenters. The van der Waals surface area contributed by atoms with Crippen molar-refractivity contribution < 1.29 is 13.9 Å². The van der Waals surface area contributed by atoms with Gasteiger partial charge in [0.15, 0.2) is 0 Å². The van der Waals surface area contributed by atoms with E-state index in [1.807, 2.05) is 0 Å². The molecule has 0 spiro atoms. The molecule has 0 saturated heterocycles. The van der Waals surface area contributed by atoms with Crippen molar-refractivity contribution in [3.05, 3.63) is 12.0 Å². The molecule has 0 radical (unpaired) electrons. The maximum absolute atomic E-state index is 5.59. The number of anilines is 1. The molecule has 1 aliphatic carbocycles. The number of oxazole rings is 1. The predicted molar refractivity (Wildman–Crippen MR) is 76.9 cm³/mol. The van der Waals surface area contributed by atoms with Crippen molar-refractivity contribution in [2.45, 2.75) is 31.8 Å². The van der Waals surface area contributed by atoms with Crippen LogP contribution in [0, 0.1) is 0 Å². The van der Waals surface area contributed by atoms with E-state index in [4.69, 9.17) is 13.9 Å². The van der Waals surface area contributed by atoms with Gasteiger partial charge in [-0.3, -0.25) is 0 Å². The van der Waals surface area contributed by atoms with E-state index in [2.05, 4.69) is 15.2 Å². The second kappa shape index (κ2) is 8.24. The summed E-state index contributed by atoms with van der Waals surface area (Å²) in [5.41, 5.74) is 0.959. The monoisotopic (exact) mass is 283 g/mol. The van der Waals surface area contributed by atoms with Gasteiger partial charge in [0.1, 0.15) is 6.26 Å². The van der Waals surface area contributed by atoms with Gasteiger partial charge in [-0.15, -0.1) is 0 Å². The van der Waals surface area contributed by atoms with Crippen LogP contribution in [0.1, 0.15) is 25.0 Å². The van der Waals surface area contributed by atoms with E-state index in [1.54, 1.807) is 20.5 Å². The van der Waals surface area contributed by atoms with Crippen LogP contribution in [-0.2, 0) is 16.0 Å². The smallest absolute Gasteiger partial charge is 0.297 e. The van der Waals surface area contributed by atoms with E-state index >= 15 is 0 Å². The molecule has 1 fully saturated rings. The second-order valence-corrected chi connectivity index (χ2v) is 5.10. The van der Waals surface area contributed by atoms with Crippen molar-refractivity contribution in [3.63, 3.8) is 0 Å². The molecule has 6 nitrogen and oxygen atoms in total. The number of hydrogen-bond donors (Lipinski definition) is 1. The van der Waals surface area contributed by atoms with Crippen LogP contribution in [0.4, 0.5) is 6.01 Å². The lowest BCUT2D eigenvalue weighted by Crippen LogP contribution is -2.29. The first-order valence-corrected chi connectivity index (χ1v) is 7.24. The van der Waals surface area contributed by atoms with E-state index in [9.17, 15) is 0 Å². The lowest BCUT2D eigenvalue weighted by Gasteiger charge is -2.19. The van der Waals surface area contributed by atoms with Gasteiger partial charge in [0.25, 0.3) is 6.01 Å². The molecular weight excluding hydrogens is 258 g/mol. The minimum absolute atomic E-state index is 0.658. The fourth-order valence-electron chi connectivity index (χ4n) is 1.96. The van der Waals surface area contributed by atoms with Gasteiger partial charge < -0.3 is 24.1 Å². The van der Waals surface area contributed by atoms with Crippen LogP contribution in [0.5, 0.6) is 0 Å². The lowest BCUT2D eigenvalue weighted by atomic mass is 10.4. The minimum atomic E-state index is 0.658. The second-order valence-electron chi connectivity index (χ2n) is 5.10. The first kappa shape index (κ1) is 15.3. The number of nitrogens with one attached hydrogen (secondary N) is 1. The maximum Gasteiger partial charge on any atom is 0.297 e. The Hall–Kier alpha value is -1.11. The van der Waals surface area contributed by atoms with Crippen LogP contribution in [0.15, 0.2) is 10.7 Å². The quantitative estimate of drug-likeness (QED) is 0.620. The number of nitrogens with zero attached hydrogens (tertiary/aromatic N) is 2. The first-order chi connectivity index (χ1) is 9.83. The fourth-order valence-corrected chi connectivity index (χ4v) is 1.96. The van der Waals surface area contributed by atoms with Gasteiger partial charge >= 0.3 is 0 Å². The Morgan fingerprint density at radius 1 is 1.30 bits per heavy atom. The summed E-state index contributed by atoms with van der Waals surface area (Å²) in [5, 5.41) is 3.43. The SMILES string of the molecule is COCCCN(CCOC)c1nc(CNC2CC2)co1. The highest BCUT2D eigenvalue weighted by Crippen LogP contribution is 2.20. The Bertz CT molecular complexity index is 379. The molecule has 114 valence electrons. The molecule has 1 N–H and O–H groups in total. The molecule has 1 heterocycles. The molecule has 0 amide bonds. The van der Waals surface area contributed by atoms with Crippen molar-refractivity contribution >= 4 is 6.01 Å². The molecule has 6 heteroatoms. The van der Waals surface area contributed by atoms with Crippen molar-refractivity contribution in [1.29, 1.82) is 0 Å². The highest BCUT2D eigenvalue weighted by molar-refractivity contribution is 5.26. The summed E-state index contributed by atoms with van der Waals surface area (Å²) in [6, 6.07) is 1.35. The zero-order chi connectivity index (χ0) is 14.2. The van der Waals surface area contributed by atoms with Gasteiger partial charge in [-0.2, -0.15) is 4.98 Å². The van der Waals surface area contributed by atoms with Gasteiger partial charge in [0.2, 0.25) is 0 Å². The molecule has 1 aromatic rings. The number of rotatable bonds is 11. The first-order valence-electron chi connectivity index (χ1n) is 7.24. The standard InChI is InChI=1S/C14H25N3O3/c1-18-8-3-6-17(7-9-19-2)14-16-13(11-20-14)10-15-12-4-5-12/h11-12,15H,3-10H2,1-2H3. The van der Waals surface area contributed by atoms with E-state index < -0.39 is 0 Å². The Morgan fingerprint density at radius 2 is 2.10 bits per heavy atom. The molecular formula is C14H25N3O3. The number of methoxy groups -OCH3 is 2. The summed E-state index contributed by atoms with van der Waals surface area (Å²) in [6.07, 6.45) is 5.24. The van der Waals surface area contributed by atoms with Gasteiger partial charge in [-0.25, -0.2) is 0 Å². The summed E-state index contributed by atoms with van der Waals surface area (Å²) < 4.78 is 15.8. The topological polar surface area (TPSA) is 59.8 Å². The van der Waals surface area contributed by atoms with Crippen LogP contribution < -0.4 is 10.2 Å². The Balaban J connectivity index is 1.84. The fraction of sp³-hybridized carbons (Fsp3) is 0.786. The highest BCUT2D eigenvalue weighted by Gasteiger charge is 2.21. The van der Waals surface area contributed by atoms with E-state index in [0.717, 1.165) is 38.4 Å². The van der Waals surface area contributed by atoms with Crippen molar-refractivity contribution in [1.82, 2.24) is 10.3 Å². The summed E-state index contributed by atoms with van der Waals surface area (Å²) >= 11 is 0. The molecule has 1 aliphatic rings. The average molecular weight is 283 g/mol. The van der Waals surface area contributed by atoms with Gasteiger partial charge in [-0.05, 0) is 19.3 Å². The van der Waals surface area contributed by atoms with Gasteiger partial charge in [0.05, 0.1) is 12.3 Å². The summed E-state index contributed by atoms with van der Waals surface area (Å²) in [6.45, 7) is 3.80. The molecule has 1 saturated carbocycles. The minimum Gasteiger partial charge on any atom is -0.432 e. The Kier molecular flexibility index (Phi) is 6.29. The third kappa shape index (κ3) is 5.11. The molecule has 0 aliphatic heterocycles. The normalized spacial score (nSPS) is 14.7. The Labute approximate surface area is 120 Å². The zero-order valence-electron chi connectivity index (χ0n) is 12.4. The third-order valence-electron chi connectivity index (χ3n) is 3.30. The van der Waals surface area contributed by atoms with Gasteiger partial charge in [-0.1, -0.05) is 0 Å². The molecule has 0 unspecified atom stereocenters. The molecule has 0 bridgehead atoms. The molecule has 20 heavy (non-hydrogen) atoms. The van der Waals surface area contributed by atoms with Crippen LogP contribution in [0.3, 0.4) is 0 Å². The van der Waals surface area contributed by atoms with E-state index in [0.29, 0.717) is 18.7 Å². The summed E-state index contributed by atoms with van der Waals surface area (Å²) in [4.78, 5) is 6.64. The number of ether oxygens (including phenoxy) is 2. The zero-order valence-corrected chi connectivity index (χ0v) is 12.4. The Morgan fingerprint density at radius 3 is 2.80 bits per heavy atom. The van der Waals surface area contributed by atoms with Gasteiger partial charge in [0, 0.05) is 46.5 Å². The van der Waals surface area contributed by atoms with Crippen LogP contribution in [0.25, 0.3) is 0 Å². The summed E-state index contributed by atoms with van der Waals surface area (Å²) in [5.74, 6) is 0. The largest absolute Gasteiger partial charge is 0.432 e. The van der Waals surface area contributed by atoms with Crippen LogP contribution in [0.2, 0.25) is 0 Å². The molecule has 0 aromatic carbocycles. The number of hydrogen-bond acceptors (Lipinski definition) is 6. The van der Waals surface area contributed by atoms with E-state index in [-0.39, 0.29) is 0 Å².